The van der Waals surface area contributed by atoms with Crippen LogP contribution in [0, 0.1) is 0 Å². The lowest BCUT2D eigenvalue weighted by molar-refractivity contribution is -0.0494. The second kappa shape index (κ2) is 6.86. The highest BCUT2D eigenvalue weighted by atomic mass is 19.3. The van der Waals surface area contributed by atoms with E-state index in [4.69, 9.17) is 10.5 Å². The molecule has 0 radical (unpaired) electrons. The van der Waals surface area contributed by atoms with Gasteiger partial charge in [0, 0.05) is 11.3 Å². The zero-order chi connectivity index (χ0) is 17.9. The predicted molar refractivity (Wildman–Crippen MR) is 88.1 cm³/mol. The van der Waals surface area contributed by atoms with Crippen molar-refractivity contribution in [3.63, 3.8) is 0 Å². The van der Waals surface area contributed by atoms with Crippen molar-refractivity contribution < 1.29 is 23.0 Å². The number of benzene rings is 2. The fourth-order valence-electron chi connectivity index (χ4n) is 2.15. The van der Waals surface area contributed by atoms with E-state index < -0.39 is 18.2 Å². The van der Waals surface area contributed by atoms with E-state index in [1.807, 2.05) is 0 Å². The number of nitrogens with two attached hydrogens (primary N) is 1. The molecule has 0 spiro atoms. The molecule has 0 bridgehead atoms. The van der Waals surface area contributed by atoms with Crippen molar-refractivity contribution >= 4 is 11.7 Å². The molecular formula is C18H19F2NO3. The van der Waals surface area contributed by atoms with Gasteiger partial charge in [0.25, 0.3) is 0 Å². The van der Waals surface area contributed by atoms with Crippen LogP contribution in [0.2, 0.25) is 0 Å². The minimum absolute atomic E-state index is 0.0388. The van der Waals surface area contributed by atoms with Crippen LogP contribution in [0.25, 0.3) is 11.1 Å². The molecule has 128 valence electrons. The minimum atomic E-state index is -2.93. The minimum Gasteiger partial charge on any atom is -0.456 e. The van der Waals surface area contributed by atoms with Gasteiger partial charge < -0.3 is 15.2 Å². The number of nitrogen functional groups attached to an aromatic ring is 1. The SMILES string of the molecule is CC(C)(C)OC(=O)c1ccc(-c2ccccc2OC(F)F)cc1N. The van der Waals surface area contributed by atoms with Crippen molar-refractivity contribution in [3.8, 4) is 16.9 Å². The Kier molecular flexibility index (Phi) is 5.07. The number of alkyl halides is 2. The average Bonchev–Trinajstić information content (AvgIpc) is 2.45. The maximum Gasteiger partial charge on any atom is 0.387 e. The number of para-hydroxylation sites is 1. The van der Waals surface area contributed by atoms with E-state index >= 15 is 0 Å². The summed E-state index contributed by atoms with van der Waals surface area (Å²) in [5.74, 6) is -0.499. The van der Waals surface area contributed by atoms with Gasteiger partial charge in [0.2, 0.25) is 0 Å². The molecule has 0 saturated carbocycles. The molecule has 0 fully saturated rings. The van der Waals surface area contributed by atoms with Crippen LogP contribution in [-0.4, -0.2) is 18.2 Å². The molecule has 2 N–H and O–H groups in total. The highest BCUT2D eigenvalue weighted by molar-refractivity contribution is 5.96. The summed E-state index contributed by atoms with van der Waals surface area (Å²) in [6, 6.07) is 11.0. The van der Waals surface area contributed by atoms with Crippen LogP contribution in [0.15, 0.2) is 42.5 Å². The van der Waals surface area contributed by atoms with Crippen LogP contribution >= 0.6 is 0 Å². The Hall–Kier alpha value is -2.63. The summed E-state index contributed by atoms with van der Waals surface area (Å²) in [6.45, 7) is 2.35. The normalized spacial score (nSPS) is 11.4. The number of ether oxygens (including phenoxy) is 2. The van der Waals surface area contributed by atoms with E-state index in [9.17, 15) is 13.6 Å². The maximum atomic E-state index is 12.5. The third-order valence-corrected chi connectivity index (χ3v) is 3.08. The highest BCUT2D eigenvalue weighted by Gasteiger charge is 2.20. The topological polar surface area (TPSA) is 61.5 Å². The van der Waals surface area contributed by atoms with Crippen molar-refractivity contribution in [2.75, 3.05) is 5.73 Å². The molecule has 0 heterocycles. The van der Waals surface area contributed by atoms with Gasteiger partial charge in [0.15, 0.2) is 0 Å². The number of carbonyl (C=O) groups is 1. The van der Waals surface area contributed by atoms with Crippen LogP contribution in [0.1, 0.15) is 31.1 Å². The summed E-state index contributed by atoms with van der Waals surface area (Å²) in [5.41, 5.74) is 6.75. The van der Waals surface area contributed by atoms with E-state index in [0.717, 1.165) is 0 Å². The quantitative estimate of drug-likeness (QED) is 0.660. The molecule has 4 nitrogen and oxygen atoms in total. The summed E-state index contributed by atoms with van der Waals surface area (Å²) in [7, 11) is 0. The number of halogens is 2. The van der Waals surface area contributed by atoms with Crippen molar-refractivity contribution in [2.45, 2.75) is 33.0 Å². The molecule has 0 aliphatic heterocycles. The lowest BCUT2D eigenvalue weighted by atomic mass is 10.0. The van der Waals surface area contributed by atoms with Gasteiger partial charge in [-0.25, -0.2) is 4.79 Å². The monoisotopic (exact) mass is 335 g/mol. The first-order chi connectivity index (χ1) is 11.2. The Labute approximate surface area is 139 Å². The predicted octanol–water partition coefficient (Wildman–Crippen LogP) is 4.49. The van der Waals surface area contributed by atoms with Gasteiger partial charge >= 0.3 is 12.6 Å². The molecule has 6 heteroatoms. The largest absolute Gasteiger partial charge is 0.456 e. The number of rotatable bonds is 4. The van der Waals surface area contributed by atoms with E-state index in [1.165, 1.54) is 18.2 Å². The van der Waals surface area contributed by atoms with Gasteiger partial charge in [-0.2, -0.15) is 8.78 Å². The van der Waals surface area contributed by atoms with Gasteiger partial charge in [-0.05, 0) is 44.5 Å². The zero-order valence-corrected chi connectivity index (χ0v) is 13.7. The Balaban J connectivity index is 2.35. The van der Waals surface area contributed by atoms with Gasteiger partial charge in [0.1, 0.15) is 11.4 Å². The first kappa shape index (κ1) is 17.7. The molecule has 0 amide bonds. The fourth-order valence-corrected chi connectivity index (χ4v) is 2.15. The molecule has 0 saturated heterocycles. The Morgan fingerprint density at radius 2 is 1.79 bits per heavy atom. The summed E-state index contributed by atoms with van der Waals surface area (Å²) < 4.78 is 34.8. The zero-order valence-electron chi connectivity index (χ0n) is 13.7. The molecule has 2 aromatic rings. The third kappa shape index (κ3) is 4.44. The maximum absolute atomic E-state index is 12.5. The standard InChI is InChI=1S/C18H19F2NO3/c1-18(2,3)24-16(22)13-9-8-11(10-14(13)21)12-6-4-5-7-15(12)23-17(19)20/h4-10,17H,21H2,1-3H3. The molecule has 2 rings (SSSR count). The molecule has 24 heavy (non-hydrogen) atoms. The number of hydrogen-bond donors (Lipinski definition) is 1. The number of hydrogen-bond acceptors (Lipinski definition) is 4. The third-order valence-electron chi connectivity index (χ3n) is 3.08. The van der Waals surface area contributed by atoms with Crippen LogP contribution < -0.4 is 10.5 Å². The lowest BCUT2D eigenvalue weighted by Crippen LogP contribution is -2.24. The average molecular weight is 335 g/mol. The van der Waals surface area contributed by atoms with Crippen molar-refractivity contribution in [2.24, 2.45) is 0 Å². The van der Waals surface area contributed by atoms with Gasteiger partial charge in [-0.15, -0.1) is 0 Å². The first-order valence-electron chi connectivity index (χ1n) is 7.34. The van der Waals surface area contributed by atoms with Crippen LogP contribution in [0.4, 0.5) is 14.5 Å². The van der Waals surface area contributed by atoms with Gasteiger partial charge in [-0.1, -0.05) is 24.3 Å². The van der Waals surface area contributed by atoms with Crippen LogP contribution in [0.3, 0.4) is 0 Å². The van der Waals surface area contributed by atoms with E-state index in [-0.39, 0.29) is 17.0 Å². The lowest BCUT2D eigenvalue weighted by Gasteiger charge is -2.20. The second-order valence-electron chi connectivity index (χ2n) is 6.18. The van der Waals surface area contributed by atoms with Crippen molar-refractivity contribution in [1.82, 2.24) is 0 Å². The summed E-state index contributed by atoms with van der Waals surface area (Å²) in [6.07, 6.45) is 0. The van der Waals surface area contributed by atoms with E-state index in [2.05, 4.69) is 4.74 Å². The van der Waals surface area contributed by atoms with Crippen molar-refractivity contribution in [3.05, 3.63) is 48.0 Å². The van der Waals surface area contributed by atoms with E-state index in [0.29, 0.717) is 11.1 Å². The molecule has 0 aromatic heterocycles. The second-order valence-corrected chi connectivity index (χ2v) is 6.18. The van der Waals surface area contributed by atoms with Crippen LogP contribution in [-0.2, 0) is 4.74 Å². The number of carbonyl (C=O) groups excluding carboxylic acids is 1. The molecule has 0 aliphatic rings. The Bertz CT molecular complexity index is 739. The van der Waals surface area contributed by atoms with E-state index in [1.54, 1.807) is 45.0 Å². The molecule has 0 unspecified atom stereocenters. The Morgan fingerprint density at radius 1 is 1.12 bits per heavy atom. The fraction of sp³-hybridized carbons (Fsp3) is 0.278. The summed E-state index contributed by atoms with van der Waals surface area (Å²) in [5, 5.41) is 0. The molecule has 0 aliphatic carbocycles. The molecule has 0 atom stereocenters. The number of anilines is 1. The molecule has 2 aromatic carbocycles. The summed E-state index contributed by atoms with van der Waals surface area (Å²) in [4.78, 5) is 12.1. The first-order valence-corrected chi connectivity index (χ1v) is 7.34. The van der Waals surface area contributed by atoms with Crippen LogP contribution in [0.5, 0.6) is 5.75 Å². The smallest absolute Gasteiger partial charge is 0.387 e. The summed E-state index contributed by atoms with van der Waals surface area (Å²) >= 11 is 0. The highest BCUT2D eigenvalue weighted by Crippen LogP contribution is 2.33. The van der Waals surface area contributed by atoms with Gasteiger partial charge in [0.05, 0.1) is 5.56 Å². The molecular weight excluding hydrogens is 316 g/mol. The number of esters is 1. The Morgan fingerprint density at radius 3 is 2.38 bits per heavy atom. The van der Waals surface area contributed by atoms with Crippen molar-refractivity contribution in [1.29, 1.82) is 0 Å². The van der Waals surface area contributed by atoms with Gasteiger partial charge in [-0.3, -0.25) is 0 Å².